The first-order chi connectivity index (χ1) is 17.7. The number of urea groups is 1. The molecule has 3 amide bonds. The Morgan fingerprint density at radius 2 is 1.78 bits per heavy atom. The van der Waals surface area contributed by atoms with Gasteiger partial charge >= 0.3 is 16.2 Å². The summed E-state index contributed by atoms with van der Waals surface area (Å²) in [6.45, 7) is 1.61. The van der Waals surface area contributed by atoms with E-state index < -0.39 is 28.2 Å². The van der Waals surface area contributed by atoms with Crippen molar-refractivity contribution in [3.8, 4) is 5.75 Å². The van der Waals surface area contributed by atoms with Crippen LogP contribution in [-0.4, -0.2) is 49.5 Å². The van der Waals surface area contributed by atoms with E-state index in [9.17, 15) is 18.0 Å². The largest absolute Gasteiger partial charge is 0.497 e. The van der Waals surface area contributed by atoms with Crippen molar-refractivity contribution in [2.24, 2.45) is 0 Å². The predicted molar refractivity (Wildman–Crippen MR) is 141 cm³/mol. The Kier molecular flexibility index (Phi) is 7.44. The van der Waals surface area contributed by atoms with Gasteiger partial charge in [0.25, 0.3) is 0 Å². The van der Waals surface area contributed by atoms with Gasteiger partial charge in [-0.15, -0.1) is 0 Å². The van der Waals surface area contributed by atoms with Crippen LogP contribution in [0.5, 0.6) is 5.75 Å². The van der Waals surface area contributed by atoms with Gasteiger partial charge in [-0.1, -0.05) is 30.3 Å². The van der Waals surface area contributed by atoms with Crippen LogP contribution in [0.4, 0.5) is 10.5 Å². The molecule has 2 heterocycles. The van der Waals surface area contributed by atoms with Crippen LogP contribution in [0.3, 0.4) is 0 Å². The summed E-state index contributed by atoms with van der Waals surface area (Å²) in [5.41, 5.74) is 2.11. The van der Waals surface area contributed by atoms with Crippen molar-refractivity contribution in [2.75, 3.05) is 19.1 Å². The van der Waals surface area contributed by atoms with Crippen molar-refractivity contribution in [3.63, 3.8) is 0 Å². The van der Waals surface area contributed by atoms with Crippen LogP contribution in [0, 0.1) is 6.92 Å². The van der Waals surface area contributed by atoms with Crippen molar-refractivity contribution >= 4 is 38.7 Å². The fourth-order valence-corrected chi connectivity index (χ4v) is 5.28. The molecule has 4 aromatic rings. The molecular formula is C26H27N5O5S. The maximum atomic E-state index is 13.5. The number of nitrogens with zero attached hydrogens (tertiary/aromatic N) is 3. The van der Waals surface area contributed by atoms with Crippen molar-refractivity contribution in [1.82, 2.24) is 19.0 Å². The highest BCUT2D eigenvalue weighted by molar-refractivity contribution is 7.88. The average molecular weight is 522 g/mol. The highest BCUT2D eigenvalue weighted by Crippen LogP contribution is 2.21. The van der Waals surface area contributed by atoms with Gasteiger partial charge in [0, 0.05) is 36.4 Å². The minimum Gasteiger partial charge on any atom is -0.497 e. The number of pyridine rings is 1. The molecule has 2 aromatic carbocycles. The van der Waals surface area contributed by atoms with Crippen LogP contribution in [0.15, 0.2) is 79.1 Å². The molecule has 0 aliphatic heterocycles. The van der Waals surface area contributed by atoms with E-state index in [-0.39, 0.29) is 6.42 Å². The third-order valence-corrected chi connectivity index (χ3v) is 7.28. The van der Waals surface area contributed by atoms with Gasteiger partial charge in [0.15, 0.2) is 0 Å². The van der Waals surface area contributed by atoms with Crippen LogP contribution in [0.2, 0.25) is 0 Å². The molecule has 0 radical (unpaired) electrons. The smallest absolute Gasteiger partial charge is 0.331 e. The quantitative estimate of drug-likeness (QED) is 0.368. The molecule has 0 fully saturated rings. The van der Waals surface area contributed by atoms with Gasteiger partial charge in [0.05, 0.1) is 18.8 Å². The second kappa shape index (κ2) is 10.7. The minimum absolute atomic E-state index is 0.156. The molecule has 37 heavy (non-hydrogen) atoms. The van der Waals surface area contributed by atoms with Crippen LogP contribution in [-0.2, 0) is 21.4 Å². The van der Waals surface area contributed by atoms with Crippen LogP contribution in [0.1, 0.15) is 11.3 Å². The summed E-state index contributed by atoms with van der Waals surface area (Å²) in [6, 6.07) is 17.3. The number of aromatic nitrogens is 2. The summed E-state index contributed by atoms with van der Waals surface area (Å²) < 4.78 is 34.4. The maximum absolute atomic E-state index is 13.5. The van der Waals surface area contributed by atoms with Gasteiger partial charge in [0.1, 0.15) is 11.8 Å². The molecule has 0 aliphatic rings. The highest BCUT2D eigenvalue weighted by Gasteiger charge is 2.28. The number of amides is 3. The number of hydrogen-bond acceptors (Lipinski definition) is 6. The molecule has 0 spiro atoms. The van der Waals surface area contributed by atoms with Crippen molar-refractivity contribution in [3.05, 3.63) is 90.4 Å². The molecule has 0 bridgehead atoms. The third-order valence-electron chi connectivity index (χ3n) is 5.87. The molecule has 1 atom stereocenters. The molecule has 2 aromatic heterocycles. The van der Waals surface area contributed by atoms with E-state index in [1.54, 1.807) is 63.7 Å². The summed E-state index contributed by atoms with van der Waals surface area (Å²) in [6.07, 6.45) is 3.12. The van der Waals surface area contributed by atoms with Gasteiger partial charge in [-0.2, -0.15) is 8.42 Å². The van der Waals surface area contributed by atoms with Crippen LogP contribution >= 0.6 is 0 Å². The summed E-state index contributed by atoms with van der Waals surface area (Å²) >= 11 is 0. The highest BCUT2D eigenvalue weighted by atomic mass is 32.2. The first kappa shape index (κ1) is 25.7. The van der Waals surface area contributed by atoms with Gasteiger partial charge in [-0.25, -0.2) is 13.5 Å². The standard InChI is InChI=1S/C26H27N5O5S/c1-18-15-20-13-14-27-17-24(20)31(18)37(34,35)29-26(33)28-23(16-19-7-5-4-6-8-19)25(32)30(2)21-9-11-22(36-3)12-10-21/h4-15,17,23H,16H2,1-3H3,(H2,28,29,33). The molecule has 4 rings (SSSR count). The molecular weight excluding hydrogens is 494 g/mol. The lowest BCUT2D eigenvalue weighted by molar-refractivity contribution is -0.120. The Hall–Kier alpha value is -4.38. The van der Waals surface area contributed by atoms with Crippen molar-refractivity contribution in [2.45, 2.75) is 19.4 Å². The lowest BCUT2D eigenvalue weighted by Gasteiger charge is -2.25. The Labute approximate surface area is 215 Å². The number of aryl methyl sites for hydroxylation is 1. The average Bonchev–Trinajstić information content (AvgIpc) is 3.24. The summed E-state index contributed by atoms with van der Waals surface area (Å²) in [4.78, 5) is 31.8. The zero-order chi connectivity index (χ0) is 26.6. The molecule has 0 aliphatic carbocycles. The number of methoxy groups -OCH3 is 1. The Morgan fingerprint density at radius 1 is 1.08 bits per heavy atom. The molecule has 192 valence electrons. The SMILES string of the molecule is COc1ccc(N(C)C(=O)C(Cc2ccccc2)NC(=O)NS(=O)(=O)n2c(C)cc3ccncc32)cc1. The maximum Gasteiger partial charge on any atom is 0.331 e. The number of hydrogen-bond donors (Lipinski definition) is 2. The summed E-state index contributed by atoms with van der Waals surface area (Å²) in [5.74, 6) is 0.213. The number of fused-ring (bicyclic) bond motifs is 1. The summed E-state index contributed by atoms with van der Waals surface area (Å²) in [7, 11) is -1.19. The van der Waals surface area contributed by atoms with E-state index in [0.29, 0.717) is 28.0 Å². The number of carbonyl (C=O) groups is 2. The zero-order valence-electron chi connectivity index (χ0n) is 20.6. The number of likely N-dealkylation sites (N-methyl/N-ethyl adjacent to an activating group) is 1. The topological polar surface area (TPSA) is 123 Å². The Bertz CT molecular complexity index is 1520. The number of benzene rings is 2. The fourth-order valence-electron chi connectivity index (χ4n) is 4.05. The van der Waals surface area contributed by atoms with Crippen molar-refractivity contribution < 1.29 is 22.7 Å². The first-order valence-electron chi connectivity index (χ1n) is 11.4. The molecule has 11 heteroatoms. The van der Waals surface area contributed by atoms with E-state index in [2.05, 4.69) is 10.3 Å². The lowest BCUT2D eigenvalue weighted by atomic mass is 10.0. The summed E-state index contributed by atoms with van der Waals surface area (Å²) in [5, 5.41) is 3.21. The third kappa shape index (κ3) is 5.72. The van der Waals surface area contributed by atoms with E-state index in [1.165, 1.54) is 11.1 Å². The van der Waals surface area contributed by atoms with Crippen LogP contribution < -0.4 is 19.7 Å². The first-order valence-corrected chi connectivity index (χ1v) is 12.8. The molecule has 0 saturated heterocycles. The van der Waals surface area contributed by atoms with E-state index in [4.69, 9.17) is 4.74 Å². The molecule has 1 unspecified atom stereocenters. The Balaban J connectivity index is 1.57. The predicted octanol–water partition coefficient (Wildman–Crippen LogP) is 3.02. The monoisotopic (exact) mass is 521 g/mol. The van der Waals surface area contributed by atoms with E-state index in [0.717, 1.165) is 9.54 Å². The number of rotatable bonds is 8. The second-order valence-corrected chi connectivity index (χ2v) is 9.92. The number of nitrogens with one attached hydrogen (secondary N) is 2. The van der Waals surface area contributed by atoms with Gasteiger partial charge in [-0.05, 0) is 48.9 Å². The Morgan fingerprint density at radius 3 is 2.46 bits per heavy atom. The van der Waals surface area contributed by atoms with Crippen LogP contribution in [0.25, 0.3) is 10.9 Å². The zero-order valence-corrected chi connectivity index (χ0v) is 21.4. The van der Waals surface area contributed by atoms with Gasteiger partial charge in [-0.3, -0.25) is 9.78 Å². The lowest BCUT2D eigenvalue weighted by Crippen LogP contribution is -2.53. The molecule has 2 N–H and O–H groups in total. The number of anilines is 1. The van der Waals surface area contributed by atoms with E-state index >= 15 is 0 Å². The van der Waals surface area contributed by atoms with Crippen molar-refractivity contribution in [1.29, 1.82) is 0 Å². The number of ether oxygens (including phenoxy) is 1. The number of carbonyl (C=O) groups excluding carboxylic acids is 2. The van der Waals surface area contributed by atoms with E-state index in [1.807, 2.05) is 35.1 Å². The fraction of sp³-hybridized carbons (Fsp3) is 0.192. The normalized spacial score (nSPS) is 12.1. The van der Waals surface area contributed by atoms with Gasteiger partial charge in [0.2, 0.25) is 5.91 Å². The second-order valence-electron chi connectivity index (χ2n) is 8.40. The minimum atomic E-state index is -4.32. The molecule has 0 saturated carbocycles. The molecule has 10 nitrogen and oxygen atoms in total. The van der Waals surface area contributed by atoms with Gasteiger partial charge < -0.3 is 15.0 Å².